The zero-order valence-corrected chi connectivity index (χ0v) is 15.9. The molecule has 2 N–H and O–H groups in total. The standard InChI is InChI=1S/C23H23N3O2/c1-16-11-12-19(22(27)25-17(2)18-8-4-3-5-9-18)15-20(14-16)23(28)26-21-10-6-7-13-24-21/h3-17H,1-2H3,(H,25,27)(H,24,26,28)/t16?,17-/m1/s1. The lowest BCUT2D eigenvalue weighted by molar-refractivity contribution is -0.117. The quantitative estimate of drug-likeness (QED) is 0.833. The van der Waals surface area contributed by atoms with Gasteiger partial charge in [-0.3, -0.25) is 9.59 Å². The van der Waals surface area contributed by atoms with Crippen LogP contribution in [0.4, 0.5) is 5.82 Å². The zero-order chi connectivity index (χ0) is 19.9. The van der Waals surface area contributed by atoms with E-state index in [9.17, 15) is 9.59 Å². The zero-order valence-electron chi connectivity index (χ0n) is 15.9. The summed E-state index contributed by atoms with van der Waals surface area (Å²) in [4.78, 5) is 29.5. The number of carbonyl (C=O) groups excluding carboxylic acids is 2. The summed E-state index contributed by atoms with van der Waals surface area (Å²) in [6, 6.07) is 14.9. The van der Waals surface area contributed by atoms with Gasteiger partial charge in [0.25, 0.3) is 11.8 Å². The smallest absolute Gasteiger partial charge is 0.256 e. The maximum atomic E-state index is 12.8. The maximum absolute atomic E-state index is 12.8. The van der Waals surface area contributed by atoms with Gasteiger partial charge in [-0.2, -0.15) is 0 Å². The van der Waals surface area contributed by atoms with Gasteiger partial charge in [-0.15, -0.1) is 0 Å². The normalized spacial score (nSPS) is 17.0. The highest BCUT2D eigenvalue weighted by atomic mass is 16.2. The van der Waals surface area contributed by atoms with Crippen LogP contribution in [-0.2, 0) is 9.59 Å². The summed E-state index contributed by atoms with van der Waals surface area (Å²) < 4.78 is 0. The van der Waals surface area contributed by atoms with Crippen LogP contribution in [0.2, 0.25) is 0 Å². The number of hydrogen-bond acceptors (Lipinski definition) is 3. The number of amides is 2. The minimum absolute atomic E-state index is 0.0255. The number of benzene rings is 1. The first-order valence-corrected chi connectivity index (χ1v) is 9.23. The number of hydrogen-bond donors (Lipinski definition) is 2. The molecule has 1 unspecified atom stereocenters. The first kappa shape index (κ1) is 19.3. The maximum Gasteiger partial charge on any atom is 0.256 e. The van der Waals surface area contributed by atoms with Crippen molar-refractivity contribution >= 4 is 17.6 Å². The summed E-state index contributed by atoms with van der Waals surface area (Å²) in [7, 11) is 0. The molecule has 5 nitrogen and oxygen atoms in total. The number of nitrogens with zero attached hydrogens (tertiary/aromatic N) is 1. The van der Waals surface area contributed by atoms with Crippen molar-refractivity contribution in [1.82, 2.24) is 10.3 Å². The molecule has 5 heteroatoms. The van der Waals surface area contributed by atoms with E-state index in [0.29, 0.717) is 17.0 Å². The first-order valence-electron chi connectivity index (χ1n) is 9.23. The Morgan fingerprint density at radius 3 is 2.46 bits per heavy atom. The fourth-order valence-corrected chi connectivity index (χ4v) is 2.87. The number of aromatic nitrogens is 1. The van der Waals surface area contributed by atoms with E-state index in [0.717, 1.165) is 5.56 Å². The molecule has 1 aliphatic carbocycles. The number of carbonyl (C=O) groups is 2. The van der Waals surface area contributed by atoms with E-state index in [4.69, 9.17) is 0 Å². The summed E-state index contributed by atoms with van der Waals surface area (Å²) >= 11 is 0. The summed E-state index contributed by atoms with van der Waals surface area (Å²) in [6.45, 7) is 3.90. The predicted molar refractivity (Wildman–Crippen MR) is 110 cm³/mol. The Morgan fingerprint density at radius 1 is 1.00 bits per heavy atom. The van der Waals surface area contributed by atoms with Gasteiger partial charge in [0.1, 0.15) is 5.82 Å². The molecule has 0 radical (unpaired) electrons. The van der Waals surface area contributed by atoms with Crippen LogP contribution in [0.25, 0.3) is 0 Å². The second-order valence-electron chi connectivity index (χ2n) is 6.71. The molecule has 0 saturated carbocycles. The summed E-state index contributed by atoms with van der Waals surface area (Å²) in [5, 5.41) is 5.75. The molecule has 0 fully saturated rings. The summed E-state index contributed by atoms with van der Waals surface area (Å²) in [6.07, 6.45) is 8.72. The lowest BCUT2D eigenvalue weighted by Gasteiger charge is -2.15. The third-order valence-electron chi connectivity index (χ3n) is 4.41. The molecule has 1 aromatic heterocycles. The molecule has 0 spiro atoms. The van der Waals surface area contributed by atoms with E-state index in [1.54, 1.807) is 36.5 Å². The van der Waals surface area contributed by atoms with Crippen LogP contribution in [0.15, 0.2) is 90.2 Å². The fourth-order valence-electron chi connectivity index (χ4n) is 2.87. The van der Waals surface area contributed by atoms with Gasteiger partial charge in [-0.1, -0.05) is 61.5 Å². The molecule has 1 heterocycles. The molecule has 2 aromatic rings. The molecule has 1 aliphatic rings. The summed E-state index contributed by atoms with van der Waals surface area (Å²) in [5.41, 5.74) is 1.89. The number of rotatable bonds is 5. The Hall–Kier alpha value is -3.47. The topological polar surface area (TPSA) is 71.1 Å². The van der Waals surface area contributed by atoms with Crippen LogP contribution in [0.5, 0.6) is 0 Å². The van der Waals surface area contributed by atoms with Gasteiger partial charge in [-0.05, 0) is 36.6 Å². The lowest BCUT2D eigenvalue weighted by Crippen LogP contribution is -2.27. The highest BCUT2D eigenvalue weighted by Crippen LogP contribution is 2.19. The molecule has 28 heavy (non-hydrogen) atoms. The van der Waals surface area contributed by atoms with Crippen LogP contribution in [0.1, 0.15) is 25.5 Å². The molecule has 0 aliphatic heterocycles. The van der Waals surface area contributed by atoms with E-state index >= 15 is 0 Å². The number of nitrogens with one attached hydrogen (secondary N) is 2. The SMILES string of the molecule is CC1C=CC(C(=O)N[C@H](C)c2ccccc2)=CC(C(=O)Nc2ccccn2)=C1. The van der Waals surface area contributed by atoms with E-state index in [1.165, 1.54) is 0 Å². The van der Waals surface area contributed by atoms with E-state index in [2.05, 4.69) is 15.6 Å². The fraction of sp³-hybridized carbons (Fsp3) is 0.174. The van der Waals surface area contributed by atoms with Crippen molar-refractivity contribution < 1.29 is 9.59 Å². The van der Waals surface area contributed by atoms with Gasteiger partial charge in [0.05, 0.1) is 6.04 Å². The van der Waals surface area contributed by atoms with Gasteiger partial charge in [0.15, 0.2) is 0 Å². The van der Waals surface area contributed by atoms with Crippen LogP contribution >= 0.6 is 0 Å². The van der Waals surface area contributed by atoms with E-state index in [-0.39, 0.29) is 23.8 Å². The number of anilines is 1. The number of allylic oxidation sites excluding steroid dienone is 2. The van der Waals surface area contributed by atoms with Crippen LogP contribution in [0.3, 0.4) is 0 Å². The highest BCUT2D eigenvalue weighted by molar-refractivity contribution is 6.08. The minimum Gasteiger partial charge on any atom is -0.346 e. The number of pyridine rings is 1. The highest BCUT2D eigenvalue weighted by Gasteiger charge is 2.17. The van der Waals surface area contributed by atoms with Gasteiger partial charge in [-0.25, -0.2) is 4.98 Å². The molecule has 2 atom stereocenters. The van der Waals surface area contributed by atoms with E-state index < -0.39 is 0 Å². The molecule has 3 rings (SSSR count). The molecular formula is C23H23N3O2. The molecule has 0 bridgehead atoms. The van der Waals surface area contributed by atoms with Crippen molar-refractivity contribution in [2.45, 2.75) is 19.9 Å². The third-order valence-corrected chi connectivity index (χ3v) is 4.41. The first-order chi connectivity index (χ1) is 13.5. The Bertz CT molecular complexity index is 931. The average molecular weight is 373 g/mol. The Kier molecular flexibility index (Phi) is 6.17. The van der Waals surface area contributed by atoms with Crippen LogP contribution in [-0.4, -0.2) is 16.8 Å². The molecule has 142 valence electrons. The average Bonchev–Trinajstić information content (AvgIpc) is 2.91. The Balaban J connectivity index is 1.76. The Morgan fingerprint density at radius 2 is 1.75 bits per heavy atom. The molecule has 2 amide bonds. The third kappa shape index (κ3) is 5.04. The monoisotopic (exact) mass is 373 g/mol. The van der Waals surface area contributed by atoms with Crippen molar-refractivity contribution in [3.05, 3.63) is 95.7 Å². The Labute approximate surface area is 164 Å². The van der Waals surface area contributed by atoms with Crippen LogP contribution < -0.4 is 10.6 Å². The van der Waals surface area contributed by atoms with Crippen LogP contribution in [0, 0.1) is 5.92 Å². The van der Waals surface area contributed by atoms with Crippen molar-refractivity contribution in [3.63, 3.8) is 0 Å². The second kappa shape index (κ2) is 8.95. The molecule has 1 aromatic carbocycles. The van der Waals surface area contributed by atoms with Gasteiger partial charge in [0, 0.05) is 17.3 Å². The summed E-state index contributed by atoms with van der Waals surface area (Å²) in [5.74, 6) is -0.0261. The minimum atomic E-state index is -0.296. The van der Waals surface area contributed by atoms with Crippen molar-refractivity contribution in [2.75, 3.05) is 5.32 Å². The predicted octanol–water partition coefficient (Wildman–Crippen LogP) is 3.96. The second-order valence-corrected chi connectivity index (χ2v) is 6.71. The lowest BCUT2D eigenvalue weighted by atomic mass is 10.1. The van der Waals surface area contributed by atoms with E-state index in [1.807, 2.05) is 56.3 Å². The van der Waals surface area contributed by atoms with Gasteiger partial charge < -0.3 is 10.6 Å². The van der Waals surface area contributed by atoms with Gasteiger partial charge >= 0.3 is 0 Å². The van der Waals surface area contributed by atoms with Crippen molar-refractivity contribution in [3.8, 4) is 0 Å². The molecular weight excluding hydrogens is 350 g/mol. The largest absolute Gasteiger partial charge is 0.346 e. The van der Waals surface area contributed by atoms with Crippen molar-refractivity contribution in [2.24, 2.45) is 5.92 Å². The molecule has 0 saturated heterocycles. The van der Waals surface area contributed by atoms with Crippen molar-refractivity contribution in [1.29, 1.82) is 0 Å². The van der Waals surface area contributed by atoms with Gasteiger partial charge in [0.2, 0.25) is 0 Å².